The Kier molecular flexibility index (Phi) is 3.94. The molecule has 0 heterocycles. The zero-order valence-corrected chi connectivity index (χ0v) is 8.21. The molecular weight excluding hydrogens is 178 g/mol. The summed E-state index contributed by atoms with van der Waals surface area (Å²) in [6, 6.07) is 7.65. The molecule has 0 spiro atoms. The van der Waals surface area contributed by atoms with Gasteiger partial charge < -0.3 is 16.4 Å². The van der Waals surface area contributed by atoms with Gasteiger partial charge in [-0.3, -0.25) is 0 Å². The third-order valence-corrected chi connectivity index (χ3v) is 1.91. The second-order valence-corrected chi connectivity index (χ2v) is 2.96. The van der Waals surface area contributed by atoms with E-state index in [9.17, 15) is 4.79 Å². The molecule has 0 radical (unpaired) electrons. The van der Waals surface area contributed by atoms with Crippen LogP contribution >= 0.6 is 0 Å². The van der Waals surface area contributed by atoms with Crippen LogP contribution in [-0.2, 0) is 13.1 Å². The van der Waals surface area contributed by atoms with Crippen LogP contribution in [0, 0.1) is 0 Å². The molecule has 0 atom stereocenters. The van der Waals surface area contributed by atoms with Crippen LogP contribution in [-0.4, -0.2) is 13.1 Å². The summed E-state index contributed by atoms with van der Waals surface area (Å²) in [5.41, 5.74) is 7.62. The summed E-state index contributed by atoms with van der Waals surface area (Å²) >= 11 is 0. The van der Waals surface area contributed by atoms with Gasteiger partial charge in [0.15, 0.2) is 0 Å². The Bertz CT molecular complexity index is 312. The minimum Gasteiger partial charge on any atom is -0.341 e. The summed E-state index contributed by atoms with van der Waals surface area (Å²) in [7, 11) is 1.59. The molecule has 1 aromatic carbocycles. The Morgan fingerprint density at radius 3 is 2.79 bits per heavy atom. The normalized spacial score (nSPS) is 9.57. The van der Waals surface area contributed by atoms with E-state index in [-0.39, 0.29) is 6.03 Å². The molecule has 76 valence electrons. The molecule has 2 amide bonds. The molecule has 1 rings (SSSR count). The van der Waals surface area contributed by atoms with Gasteiger partial charge in [0.2, 0.25) is 0 Å². The van der Waals surface area contributed by atoms with Gasteiger partial charge in [-0.2, -0.15) is 0 Å². The fraction of sp³-hybridized carbons (Fsp3) is 0.300. The second kappa shape index (κ2) is 5.24. The van der Waals surface area contributed by atoms with E-state index in [1.54, 1.807) is 7.05 Å². The zero-order chi connectivity index (χ0) is 10.4. The fourth-order valence-electron chi connectivity index (χ4n) is 1.14. The third-order valence-electron chi connectivity index (χ3n) is 1.91. The molecule has 0 saturated heterocycles. The molecule has 1 aromatic rings. The molecule has 0 aliphatic heterocycles. The molecule has 0 aliphatic rings. The van der Waals surface area contributed by atoms with Crippen molar-refractivity contribution in [1.82, 2.24) is 10.6 Å². The monoisotopic (exact) mass is 193 g/mol. The minimum atomic E-state index is -0.178. The lowest BCUT2D eigenvalue weighted by Crippen LogP contribution is -2.32. The average Bonchev–Trinajstić information content (AvgIpc) is 2.26. The molecule has 14 heavy (non-hydrogen) atoms. The molecule has 4 nitrogen and oxygen atoms in total. The van der Waals surface area contributed by atoms with Crippen molar-refractivity contribution in [2.75, 3.05) is 7.05 Å². The number of rotatable bonds is 3. The van der Waals surface area contributed by atoms with Crippen LogP contribution in [0.25, 0.3) is 0 Å². The van der Waals surface area contributed by atoms with Crippen molar-refractivity contribution in [1.29, 1.82) is 0 Å². The summed E-state index contributed by atoms with van der Waals surface area (Å²) in [6.45, 7) is 1.04. The van der Waals surface area contributed by atoms with Crippen LogP contribution in [0.1, 0.15) is 11.1 Å². The highest BCUT2D eigenvalue weighted by Crippen LogP contribution is 2.03. The SMILES string of the molecule is CNC(=O)NCc1cccc(CN)c1. The predicted octanol–water partition coefficient (Wildman–Crippen LogP) is 0.574. The number of hydrogen-bond acceptors (Lipinski definition) is 2. The summed E-state index contributed by atoms with van der Waals surface area (Å²) in [5.74, 6) is 0. The lowest BCUT2D eigenvalue weighted by atomic mass is 10.1. The molecule has 0 unspecified atom stereocenters. The van der Waals surface area contributed by atoms with Crippen molar-refractivity contribution >= 4 is 6.03 Å². The summed E-state index contributed by atoms with van der Waals surface area (Å²) in [4.78, 5) is 10.9. The minimum absolute atomic E-state index is 0.178. The van der Waals surface area contributed by atoms with Crippen molar-refractivity contribution in [2.24, 2.45) is 5.73 Å². The van der Waals surface area contributed by atoms with E-state index >= 15 is 0 Å². The van der Waals surface area contributed by atoms with Crippen LogP contribution in [0.15, 0.2) is 24.3 Å². The summed E-state index contributed by atoms with van der Waals surface area (Å²) in [6.07, 6.45) is 0. The van der Waals surface area contributed by atoms with Crippen molar-refractivity contribution in [3.8, 4) is 0 Å². The topological polar surface area (TPSA) is 67.2 Å². The predicted molar refractivity (Wildman–Crippen MR) is 55.6 cm³/mol. The first-order chi connectivity index (χ1) is 6.76. The lowest BCUT2D eigenvalue weighted by Gasteiger charge is -2.05. The second-order valence-electron chi connectivity index (χ2n) is 2.96. The largest absolute Gasteiger partial charge is 0.341 e. The number of carbonyl (C=O) groups is 1. The van der Waals surface area contributed by atoms with Gasteiger partial charge in [0.1, 0.15) is 0 Å². The number of hydrogen-bond donors (Lipinski definition) is 3. The van der Waals surface area contributed by atoms with Gasteiger partial charge in [-0.05, 0) is 11.1 Å². The third kappa shape index (κ3) is 3.06. The van der Waals surface area contributed by atoms with Gasteiger partial charge in [0, 0.05) is 20.1 Å². The maximum absolute atomic E-state index is 10.9. The Labute approximate surface area is 83.5 Å². The number of carbonyl (C=O) groups excluding carboxylic acids is 1. The number of urea groups is 1. The number of nitrogens with one attached hydrogen (secondary N) is 2. The van der Waals surface area contributed by atoms with Crippen LogP contribution in [0.2, 0.25) is 0 Å². The van der Waals surface area contributed by atoms with E-state index < -0.39 is 0 Å². The highest BCUT2D eigenvalue weighted by molar-refractivity contribution is 5.73. The highest BCUT2D eigenvalue weighted by atomic mass is 16.2. The number of nitrogens with two attached hydrogens (primary N) is 1. The van der Waals surface area contributed by atoms with E-state index in [2.05, 4.69) is 10.6 Å². The van der Waals surface area contributed by atoms with Gasteiger partial charge in [0.25, 0.3) is 0 Å². The number of amides is 2. The molecule has 0 saturated carbocycles. The first kappa shape index (κ1) is 10.5. The maximum atomic E-state index is 10.9. The smallest absolute Gasteiger partial charge is 0.314 e. The Balaban J connectivity index is 2.54. The van der Waals surface area contributed by atoms with Crippen LogP contribution in [0.5, 0.6) is 0 Å². The van der Waals surface area contributed by atoms with Crippen molar-refractivity contribution in [2.45, 2.75) is 13.1 Å². The van der Waals surface area contributed by atoms with Gasteiger partial charge in [0.05, 0.1) is 0 Å². The molecule has 0 bridgehead atoms. The van der Waals surface area contributed by atoms with E-state index in [1.807, 2.05) is 24.3 Å². The zero-order valence-electron chi connectivity index (χ0n) is 8.21. The fourth-order valence-corrected chi connectivity index (χ4v) is 1.14. The van der Waals surface area contributed by atoms with Gasteiger partial charge >= 0.3 is 6.03 Å². The molecule has 0 aromatic heterocycles. The lowest BCUT2D eigenvalue weighted by molar-refractivity contribution is 0.242. The van der Waals surface area contributed by atoms with Crippen molar-refractivity contribution in [3.05, 3.63) is 35.4 Å². The first-order valence-electron chi connectivity index (χ1n) is 4.49. The molecule has 0 aliphatic carbocycles. The first-order valence-corrected chi connectivity index (χ1v) is 4.49. The standard InChI is InChI=1S/C10H15N3O/c1-12-10(14)13-7-9-4-2-3-8(5-9)6-11/h2-5H,6-7,11H2,1H3,(H2,12,13,14). The molecule has 0 fully saturated rings. The Morgan fingerprint density at radius 2 is 2.14 bits per heavy atom. The molecule has 4 heteroatoms. The van der Waals surface area contributed by atoms with Gasteiger partial charge in [-0.15, -0.1) is 0 Å². The van der Waals surface area contributed by atoms with Crippen LogP contribution < -0.4 is 16.4 Å². The maximum Gasteiger partial charge on any atom is 0.314 e. The van der Waals surface area contributed by atoms with Crippen molar-refractivity contribution < 1.29 is 4.79 Å². The Morgan fingerprint density at radius 1 is 1.43 bits per heavy atom. The quantitative estimate of drug-likeness (QED) is 0.657. The summed E-state index contributed by atoms with van der Waals surface area (Å²) < 4.78 is 0. The van der Waals surface area contributed by atoms with E-state index in [0.717, 1.165) is 11.1 Å². The van der Waals surface area contributed by atoms with Crippen molar-refractivity contribution in [3.63, 3.8) is 0 Å². The van der Waals surface area contributed by atoms with Gasteiger partial charge in [-0.25, -0.2) is 4.79 Å². The molecule has 4 N–H and O–H groups in total. The highest BCUT2D eigenvalue weighted by Gasteiger charge is 1.97. The van der Waals surface area contributed by atoms with Crippen LogP contribution in [0.4, 0.5) is 4.79 Å². The average molecular weight is 193 g/mol. The Hall–Kier alpha value is -1.55. The molecular formula is C10H15N3O. The van der Waals surface area contributed by atoms with E-state index in [1.165, 1.54) is 0 Å². The van der Waals surface area contributed by atoms with Crippen LogP contribution in [0.3, 0.4) is 0 Å². The number of benzene rings is 1. The van der Waals surface area contributed by atoms with Gasteiger partial charge in [-0.1, -0.05) is 24.3 Å². The summed E-state index contributed by atoms with van der Waals surface area (Å²) in [5, 5.41) is 5.20. The van der Waals surface area contributed by atoms with E-state index in [0.29, 0.717) is 13.1 Å². The van der Waals surface area contributed by atoms with E-state index in [4.69, 9.17) is 5.73 Å².